The molecule has 1 saturated carbocycles. The van der Waals surface area contributed by atoms with Crippen LogP contribution in [-0.4, -0.2) is 23.5 Å². The molecule has 2 aliphatic rings. The lowest BCUT2D eigenvalue weighted by atomic mass is 10.0. The lowest BCUT2D eigenvalue weighted by molar-refractivity contribution is 0.517. The fourth-order valence-electron chi connectivity index (χ4n) is 1.93. The van der Waals surface area contributed by atoms with E-state index in [0.29, 0.717) is 0 Å². The van der Waals surface area contributed by atoms with Crippen LogP contribution in [0, 0.1) is 0 Å². The van der Waals surface area contributed by atoms with Crippen LogP contribution in [0.4, 0.5) is 0 Å². The van der Waals surface area contributed by atoms with Crippen LogP contribution in [0.2, 0.25) is 0 Å². The van der Waals surface area contributed by atoms with Crippen LogP contribution < -0.4 is 5.32 Å². The minimum atomic E-state index is 0.845. The van der Waals surface area contributed by atoms with Gasteiger partial charge in [-0.2, -0.15) is 0 Å². The molecular weight excluding hydrogens is 180 g/mol. The first-order chi connectivity index (χ1) is 6.45. The summed E-state index contributed by atoms with van der Waals surface area (Å²) in [5.41, 5.74) is 0. The molecule has 0 unspecified atom stereocenters. The Morgan fingerprint density at radius 1 is 1.15 bits per heavy atom. The molecule has 0 amide bonds. The average molecular weight is 198 g/mol. The maximum Gasteiger partial charge on any atom is 0.156 e. The summed E-state index contributed by atoms with van der Waals surface area (Å²) in [5.74, 6) is 0. The lowest BCUT2D eigenvalue weighted by Crippen LogP contribution is -2.29. The Bertz CT molecular complexity index is 185. The van der Waals surface area contributed by atoms with Crippen molar-refractivity contribution in [3.05, 3.63) is 0 Å². The standard InChI is InChI=1S/C10H18N2S/c1-2-5-9(6-3-1)13-10-11-7-4-8-12-10/h9H,1-8H2,(H,11,12). The summed E-state index contributed by atoms with van der Waals surface area (Å²) < 4.78 is 0. The Morgan fingerprint density at radius 3 is 2.69 bits per heavy atom. The maximum absolute atomic E-state index is 4.49. The molecule has 1 N–H and O–H groups in total. The van der Waals surface area contributed by atoms with Crippen molar-refractivity contribution in [1.29, 1.82) is 0 Å². The highest BCUT2D eigenvalue weighted by atomic mass is 32.2. The Labute approximate surface area is 84.6 Å². The molecule has 13 heavy (non-hydrogen) atoms. The van der Waals surface area contributed by atoms with Gasteiger partial charge < -0.3 is 5.32 Å². The average Bonchev–Trinajstić information content (AvgIpc) is 2.21. The van der Waals surface area contributed by atoms with Crippen molar-refractivity contribution < 1.29 is 0 Å². The third kappa shape index (κ3) is 2.90. The molecule has 1 fully saturated rings. The highest BCUT2D eigenvalue weighted by Gasteiger charge is 2.17. The summed E-state index contributed by atoms with van der Waals surface area (Å²) in [6.07, 6.45) is 8.28. The van der Waals surface area contributed by atoms with Crippen LogP contribution in [-0.2, 0) is 0 Å². The van der Waals surface area contributed by atoms with Crippen molar-refractivity contribution in [2.45, 2.75) is 43.8 Å². The molecule has 74 valence electrons. The van der Waals surface area contributed by atoms with Crippen molar-refractivity contribution in [2.75, 3.05) is 13.1 Å². The van der Waals surface area contributed by atoms with Crippen LogP contribution in [0.3, 0.4) is 0 Å². The lowest BCUT2D eigenvalue weighted by Gasteiger charge is -2.23. The smallest absolute Gasteiger partial charge is 0.156 e. The molecule has 0 aromatic rings. The van der Waals surface area contributed by atoms with Crippen molar-refractivity contribution in [3.8, 4) is 0 Å². The van der Waals surface area contributed by atoms with Gasteiger partial charge in [-0.15, -0.1) is 0 Å². The van der Waals surface area contributed by atoms with E-state index >= 15 is 0 Å². The monoisotopic (exact) mass is 198 g/mol. The van der Waals surface area contributed by atoms with Gasteiger partial charge in [0.2, 0.25) is 0 Å². The van der Waals surface area contributed by atoms with E-state index < -0.39 is 0 Å². The Hall–Kier alpha value is -0.180. The molecule has 0 spiro atoms. The fraction of sp³-hybridized carbons (Fsp3) is 0.900. The van der Waals surface area contributed by atoms with E-state index in [2.05, 4.69) is 10.3 Å². The number of amidine groups is 1. The molecule has 1 heterocycles. The second-order valence-electron chi connectivity index (χ2n) is 3.85. The van der Waals surface area contributed by atoms with Gasteiger partial charge in [0.15, 0.2) is 5.17 Å². The predicted octanol–water partition coefficient (Wildman–Crippen LogP) is 2.40. The number of aliphatic imine (C=N–C) groups is 1. The first-order valence-corrected chi connectivity index (χ1v) is 6.28. The van der Waals surface area contributed by atoms with Crippen LogP contribution in [0.15, 0.2) is 4.99 Å². The third-order valence-electron chi connectivity index (χ3n) is 2.70. The van der Waals surface area contributed by atoms with Gasteiger partial charge in [0.1, 0.15) is 0 Å². The first kappa shape index (κ1) is 9.38. The van der Waals surface area contributed by atoms with E-state index in [0.717, 1.165) is 18.3 Å². The number of hydrogen-bond donors (Lipinski definition) is 1. The molecular formula is C10H18N2S. The molecule has 2 nitrogen and oxygen atoms in total. The van der Waals surface area contributed by atoms with E-state index in [1.165, 1.54) is 43.7 Å². The van der Waals surface area contributed by atoms with Crippen LogP contribution in [0.25, 0.3) is 0 Å². The van der Waals surface area contributed by atoms with Crippen LogP contribution in [0.5, 0.6) is 0 Å². The van der Waals surface area contributed by atoms with E-state index in [9.17, 15) is 0 Å². The van der Waals surface area contributed by atoms with E-state index in [-0.39, 0.29) is 0 Å². The van der Waals surface area contributed by atoms with Crippen LogP contribution >= 0.6 is 11.8 Å². The van der Waals surface area contributed by atoms with E-state index in [1.807, 2.05) is 11.8 Å². The summed E-state index contributed by atoms with van der Waals surface area (Å²) >= 11 is 1.98. The number of hydrogen-bond acceptors (Lipinski definition) is 3. The molecule has 0 aromatic heterocycles. The second kappa shape index (κ2) is 4.89. The normalized spacial score (nSPS) is 25.1. The maximum atomic E-state index is 4.49. The number of nitrogens with zero attached hydrogens (tertiary/aromatic N) is 1. The quantitative estimate of drug-likeness (QED) is 0.699. The zero-order chi connectivity index (χ0) is 8.93. The number of nitrogens with one attached hydrogen (secondary N) is 1. The Morgan fingerprint density at radius 2 is 2.00 bits per heavy atom. The van der Waals surface area contributed by atoms with Crippen molar-refractivity contribution in [3.63, 3.8) is 0 Å². The van der Waals surface area contributed by atoms with E-state index in [4.69, 9.17) is 0 Å². The van der Waals surface area contributed by atoms with Gasteiger partial charge >= 0.3 is 0 Å². The van der Waals surface area contributed by atoms with Gasteiger partial charge in [-0.1, -0.05) is 31.0 Å². The van der Waals surface area contributed by atoms with Crippen molar-refractivity contribution in [1.82, 2.24) is 5.32 Å². The molecule has 2 rings (SSSR count). The van der Waals surface area contributed by atoms with Gasteiger partial charge in [-0.3, -0.25) is 4.99 Å². The zero-order valence-electron chi connectivity index (χ0n) is 8.09. The largest absolute Gasteiger partial charge is 0.365 e. The third-order valence-corrected chi connectivity index (χ3v) is 4.00. The molecule has 0 saturated heterocycles. The molecule has 3 heteroatoms. The molecule has 0 atom stereocenters. The SMILES string of the molecule is C1CCC(SC2=NCCCN2)CC1. The summed E-state index contributed by atoms with van der Waals surface area (Å²) in [7, 11) is 0. The highest BCUT2D eigenvalue weighted by Crippen LogP contribution is 2.28. The van der Waals surface area contributed by atoms with Gasteiger partial charge in [-0.25, -0.2) is 0 Å². The first-order valence-electron chi connectivity index (χ1n) is 5.40. The van der Waals surface area contributed by atoms with Gasteiger partial charge in [0.25, 0.3) is 0 Å². The molecule has 1 aliphatic carbocycles. The van der Waals surface area contributed by atoms with Gasteiger partial charge in [0, 0.05) is 18.3 Å². The molecule has 0 radical (unpaired) electrons. The Kier molecular flexibility index (Phi) is 3.53. The van der Waals surface area contributed by atoms with Gasteiger partial charge in [-0.05, 0) is 19.3 Å². The minimum absolute atomic E-state index is 0.845. The van der Waals surface area contributed by atoms with Crippen LogP contribution in [0.1, 0.15) is 38.5 Å². The molecule has 1 aliphatic heterocycles. The molecule has 0 aromatic carbocycles. The topological polar surface area (TPSA) is 24.4 Å². The number of rotatable bonds is 1. The number of thioether (sulfide) groups is 1. The minimum Gasteiger partial charge on any atom is -0.365 e. The fourth-order valence-corrected chi connectivity index (χ4v) is 3.17. The summed E-state index contributed by atoms with van der Waals surface area (Å²) in [6, 6.07) is 0. The van der Waals surface area contributed by atoms with Crippen molar-refractivity contribution >= 4 is 16.9 Å². The highest BCUT2D eigenvalue weighted by molar-refractivity contribution is 8.14. The zero-order valence-corrected chi connectivity index (χ0v) is 8.91. The predicted molar refractivity (Wildman–Crippen MR) is 59.4 cm³/mol. The van der Waals surface area contributed by atoms with Gasteiger partial charge in [0.05, 0.1) is 0 Å². The summed E-state index contributed by atoms with van der Waals surface area (Å²) in [4.78, 5) is 4.49. The molecule has 0 bridgehead atoms. The summed E-state index contributed by atoms with van der Waals surface area (Å²) in [5, 5.41) is 5.43. The second-order valence-corrected chi connectivity index (χ2v) is 5.13. The summed E-state index contributed by atoms with van der Waals surface area (Å²) in [6.45, 7) is 2.15. The Balaban J connectivity index is 1.78. The van der Waals surface area contributed by atoms with E-state index in [1.54, 1.807) is 0 Å². The van der Waals surface area contributed by atoms with Crippen molar-refractivity contribution in [2.24, 2.45) is 4.99 Å².